The molecule has 2 rings (SSSR count). The van der Waals surface area contributed by atoms with Gasteiger partial charge in [0, 0.05) is 11.7 Å². The Bertz CT molecular complexity index is 674. The van der Waals surface area contributed by atoms with Crippen LogP contribution in [0.1, 0.15) is 30.6 Å². The van der Waals surface area contributed by atoms with Gasteiger partial charge in [0.2, 0.25) is 0 Å². The average Bonchev–Trinajstić information content (AvgIpc) is 2.57. The number of nitrogens with one attached hydrogen (secondary N) is 2. The van der Waals surface area contributed by atoms with Crippen LogP contribution in [0.5, 0.6) is 5.75 Å². The third-order valence-electron chi connectivity index (χ3n) is 3.82. The number of benzene rings is 2. The number of carbonyl (C=O) groups excluding carboxylic acids is 1. The molecule has 2 unspecified atom stereocenters. The first-order valence-electron chi connectivity index (χ1n) is 7.94. The molecular weight excluding hydrogens is 304 g/mol. The normalized spacial score (nSPS) is 13.0. The van der Waals surface area contributed by atoms with Crippen LogP contribution in [0.3, 0.4) is 0 Å². The Morgan fingerprint density at radius 2 is 1.92 bits per heavy atom. The van der Waals surface area contributed by atoms with Gasteiger partial charge < -0.3 is 20.5 Å². The van der Waals surface area contributed by atoms with Crippen LogP contribution in [0.4, 0.5) is 10.5 Å². The Morgan fingerprint density at radius 3 is 2.54 bits per heavy atom. The van der Waals surface area contributed by atoms with E-state index in [2.05, 4.69) is 10.6 Å². The maximum atomic E-state index is 12.1. The van der Waals surface area contributed by atoms with E-state index >= 15 is 0 Å². The van der Waals surface area contributed by atoms with Crippen molar-refractivity contribution < 1.29 is 14.6 Å². The van der Waals surface area contributed by atoms with Gasteiger partial charge in [0.05, 0.1) is 13.2 Å². The Morgan fingerprint density at radius 1 is 1.21 bits per heavy atom. The summed E-state index contributed by atoms with van der Waals surface area (Å²) in [5, 5.41) is 15.9. The van der Waals surface area contributed by atoms with Crippen molar-refractivity contribution in [2.45, 2.75) is 32.4 Å². The average molecular weight is 328 g/mol. The second-order valence-corrected chi connectivity index (χ2v) is 5.84. The number of aliphatic hydroxyl groups excluding tert-OH is 1. The molecule has 0 heterocycles. The van der Waals surface area contributed by atoms with Crippen molar-refractivity contribution in [2.75, 3.05) is 12.4 Å². The highest BCUT2D eigenvalue weighted by Gasteiger charge is 2.14. The first-order chi connectivity index (χ1) is 11.5. The smallest absolute Gasteiger partial charge is 0.319 e. The summed E-state index contributed by atoms with van der Waals surface area (Å²) >= 11 is 0. The minimum Gasteiger partial charge on any atom is -0.497 e. The number of methoxy groups -OCH3 is 1. The van der Waals surface area contributed by atoms with Gasteiger partial charge in [-0.25, -0.2) is 4.79 Å². The van der Waals surface area contributed by atoms with E-state index in [9.17, 15) is 9.90 Å². The molecule has 0 aliphatic heterocycles. The molecular formula is C19H24N2O3. The van der Waals surface area contributed by atoms with E-state index in [-0.39, 0.29) is 12.1 Å². The van der Waals surface area contributed by atoms with Crippen LogP contribution >= 0.6 is 0 Å². The molecule has 5 heteroatoms. The first kappa shape index (κ1) is 17.8. The fourth-order valence-electron chi connectivity index (χ4n) is 2.49. The number of hydrogen-bond donors (Lipinski definition) is 3. The molecule has 0 saturated heterocycles. The summed E-state index contributed by atoms with van der Waals surface area (Å²) in [6, 6.07) is 14.4. The van der Waals surface area contributed by atoms with E-state index in [0.717, 1.165) is 22.6 Å². The van der Waals surface area contributed by atoms with E-state index in [4.69, 9.17) is 4.74 Å². The van der Waals surface area contributed by atoms with Crippen LogP contribution in [0.2, 0.25) is 0 Å². The fraction of sp³-hybridized carbons (Fsp3) is 0.316. The molecule has 0 bridgehead atoms. The third kappa shape index (κ3) is 4.99. The molecule has 24 heavy (non-hydrogen) atoms. The molecule has 2 amide bonds. The van der Waals surface area contributed by atoms with Crippen molar-refractivity contribution in [3.05, 3.63) is 59.7 Å². The quantitative estimate of drug-likeness (QED) is 0.758. The molecule has 0 fully saturated rings. The van der Waals surface area contributed by atoms with Gasteiger partial charge in [-0.1, -0.05) is 30.3 Å². The van der Waals surface area contributed by atoms with E-state index < -0.39 is 6.10 Å². The minimum absolute atomic E-state index is 0.168. The molecule has 128 valence electrons. The number of carbonyl (C=O) groups is 1. The number of hydrogen-bond acceptors (Lipinski definition) is 3. The van der Waals surface area contributed by atoms with Gasteiger partial charge in [0.1, 0.15) is 5.75 Å². The maximum absolute atomic E-state index is 12.1. The second kappa shape index (κ2) is 8.36. The zero-order chi connectivity index (χ0) is 17.5. The van der Waals surface area contributed by atoms with Crippen LogP contribution in [-0.2, 0) is 0 Å². The van der Waals surface area contributed by atoms with Crippen molar-refractivity contribution in [3.8, 4) is 5.75 Å². The van der Waals surface area contributed by atoms with Crippen LogP contribution in [0.15, 0.2) is 48.5 Å². The van der Waals surface area contributed by atoms with Gasteiger partial charge in [-0.2, -0.15) is 0 Å². The van der Waals surface area contributed by atoms with Crippen molar-refractivity contribution >= 4 is 11.7 Å². The van der Waals surface area contributed by atoms with Gasteiger partial charge in [0.25, 0.3) is 0 Å². The lowest BCUT2D eigenvalue weighted by Crippen LogP contribution is -2.37. The first-order valence-corrected chi connectivity index (χ1v) is 7.94. The number of aryl methyl sites for hydroxylation is 1. The van der Waals surface area contributed by atoms with Crippen LogP contribution in [-0.4, -0.2) is 24.3 Å². The Labute approximate surface area is 142 Å². The summed E-state index contributed by atoms with van der Waals surface area (Å²) in [4.78, 5) is 12.1. The lowest BCUT2D eigenvalue weighted by molar-refractivity contribution is 0.155. The molecule has 2 atom stereocenters. The van der Waals surface area contributed by atoms with E-state index in [1.165, 1.54) is 0 Å². The van der Waals surface area contributed by atoms with E-state index in [1.807, 2.05) is 50.2 Å². The molecule has 2 aromatic rings. The summed E-state index contributed by atoms with van der Waals surface area (Å²) < 4.78 is 5.15. The van der Waals surface area contributed by atoms with E-state index in [1.54, 1.807) is 19.2 Å². The number of urea groups is 1. The SMILES string of the molecule is COc1ccc(NC(=O)NC(C)CC(O)c2ccccc2)c(C)c1. The molecule has 3 N–H and O–H groups in total. The van der Waals surface area contributed by atoms with Gasteiger partial charge in [0.15, 0.2) is 0 Å². The standard InChI is InChI=1S/C19H24N2O3/c1-13-11-16(24-3)9-10-17(13)21-19(23)20-14(2)12-18(22)15-7-5-4-6-8-15/h4-11,14,18,22H,12H2,1-3H3,(H2,20,21,23). The topological polar surface area (TPSA) is 70.6 Å². The Hall–Kier alpha value is -2.53. The summed E-state index contributed by atoms with van der Waals surface area (Å²) in [7, 11) is 1.61. The number of amides is 2. The number of rotatable bonds is 6. The van der Waals surface area contributed by atoms with Crippen LogP contribution in [0, 0.1) is 6.92 Å². The molecule has 0 saturated carbocycles. The van der Waals surface area contributed by atoms with Crippen LogP contribution in [0.25, 0.3) is 0 Å². The largest absolute Gasteiger partial charge is 0.497 e. The fourth-order valence-corrected chi connectivity index (χ4v) is 2.49. The number of ether oxygens (including phenoxy) is 1. The Balaban J connectivity index is 1.87. The summed E-state index contributed by atoms with van der Waals surface area (Å²) in [6.45, 7) is 3.77. The summed E-state index contributed by atoms with van der Waals surface area (Å²) in [6.07, 6.45) is -0.164. The minimum atomic E-state index is -0.607. The second-order valence-electron chi connectivity index (χ2n) is 5.84. The van der Waals surface area contributed by atoms with Gasteiger partial charge in [-0.15, -0.1) is 0 Å². The number of anilines is 1. The maximum Gasteiger partial charge on any atom is 0.319 e. The van der Waals surface area contributed by atoms with Crippen molar-refractivity contribution in [3.63, 3.8) is 0 Å². The molecule has 2 aromatic carbocycles. The van der Waals surface area contributed by atoms with Gasteiger partial charge >= 0.3 is 6.03 Å². The zero-order valence-corrected chi connectivity index (χ0v) is 14.2. The predicted molar refractivity (Wildman–Crippen MR) is 95.4 cm³/mol. The van der Waals surface area contributed by atoms with Gasteiger partial charge in [-0.3, -0.25) is 0 Å². The molecule has 0 aliphatic rings. The monoisotopic (exact) mass is 328 g/mol. The summed E-state index contributed by atoms with van der Waals surface area (Å²) in [5.41, 5.74) is 2.49. The highest BCUT2D eigenvalue weighted by atomic mass is 16.5. The van der Waals surface area contributed by atoms with Crippen LogP contribution < -0.4 is 15.4 Å². The molecule has 5 nitrogen and oxygen atoms in total. The molecule has 0 aliphatic carbocycles. The lowest BCUT2D eigenvalue weighted by atomic mass is 10.0. The molecule has 0 radical (unpaired) electrons. The molecule has 0 aromatic heterocycles. The Kier molecular flexibility index (Phi) is 6.21. The zero-order valence-electron chi connectivity index (χ0n) is 14.2. The van der Waals surface area contributed by atoms with Crippen molar-refractivity contribution in [1.29, 1.82) is 0 Å². The number of aliphatic hydroxyl groups is 1. The highest BCUT2D eigenvalue weighted by Crippen LogP contribution is 2.21. The van der Waals surface area contributed by atoms with E-state index in [0.29, 0.717) is 6.42 Å². The molecule has 0 spiro atoms. The lowest BCUT2D eigenvalue weighted by Gasteiger charge is -2.19. The third-order valence-corrected chi connectivity index (χ3v) is 3.82. The summed E-state index contributed by atoms with van der Waals surface area (Å²) in [5.74, 6) is 0.748. The van der Waals surface area contributed by atoms with Crippen molar-refractivity contribution in [2.24, 2.45) is 0 Å². The van der Waals surface area contributed by atoms with Crippen molar-refractivity contribution in [1.82, 2.24) is 5.32 Å². The predicted octanol–water partition coefficient (Wildman–Crippen LogP) is 3.64. The van der Waals surface area contributed by atoms with Gasteiger partial charge in [-0.05, 0) is 49.6 Å². The highest BCUT2D eigenvalue weighted by molar-refractivity contribution is 5.90.